The maximum atomic E-state index is 12.2. The van der Waals surface area contributed by atoms with Gasteiger partial charge < -0.3 is 0 Å². The summed E-state index contributed by atoms with van der Waals surface area (Å²) in [5.41, 5.74) is 0.633. The second-order valence-electron chi connectivity index (χ2n) is 5.19. The summed E-state index contributed by atoms with van der Waals surface area (Å²) in [7, 11) is 0. The molecule has 0 bridgehead atoms. The van der Waals surface area contributed by atoms with Crippen molar-refractivity contribution >= 4 is 5.78 Å². The zero-order chi connectivity index (χ0) is 11.5. The SMILES string of the molecule is CC1CC(C)CC(C(=O)c2ccccn2)C1. The predicted molar refractivity (Wildman–Crippen MR) is 64.2 cm³/mol. The molecule has 2 heteroatoms. The van der Waals surface area contributed by atoms with Crippen molar-refractivity contribution in [3.8, 4) is 0 Å². The van der Waals surface area contributed by atoms with Gasteiger partial charge in [-0.05, 0) is 43.2 Å². The van der Waals surface area contributed by atoms with Crippen LogP contribution in [0.2, 0.25) is 0 Å². The summed E-state index contributed by atoms with van der Waals surface area (Å²) in [6.45, 7) is 4.49. The lowest BCUT2D eigenvalue weighted by molar-refractivity contribution is 0.0831. The van der Waals surface area contributed by atoms with E-state index in [-0.39, 0.29) is 11.7 Å². The first-order valence-electron chi connectivity index (χ1n) is 6.12. The molecule has 2 nitrogen and oxygen atoms in total. The fourth-order valence-electron chi connectivity index (χ4n) is 2.88. The highest BCUT2D eigenvalue weighted by atomic mass is 16.1. The molecule has 1 saturated carbocycles. The van der Waals surface area contributed by atoms with Crippen molar-refractivity contribution in [1.29, 1.82) is 0 Å². The zero-order valence-corrected chi connectivity index (χ0v) is 10.0. The molecule has 1 aromatic heterocycles. The van der Waals surface area contributed by atoms with Crippen LogP contribution < -0.4 is 0 Å². The quantitative estimate of drug-likeness (QED) is 0.711. The number of Topliss-reactive ketones (excluding diaryl/α,β-unsaturated/α-hetero) is 1. The fourth-order valence-corrected chi connectivity index (χ4v) is 2.88. The first-order valence-corrected chi connectivity index (χ1v) is 6.12. The topological polar surface area (TPSA) is 30.0 Å². The van der Waals surface area contributed by atoms with E-state index in [1.54, 1.807) is 6.20 Å². The van der Waals surface area contributed by atoms with E-state index in [0.29, 0.717) is 17.5 Å². The van der Waals surface area contributed by atoms with Gasteiger partial charge in [-0.1, -0.05) is 19.9 Å². The monoisotopic (exact) mass is 217 g/mol. The number of hydrogen-bond donors (Lipinski definition) is 0. The van der Waals surface area contributed by atoms with E-state index in [4.69, 9.17) is 0 Å². The molecule has 0 spiro atoms. The molecule has 1 aliphatic carbocycles. The summed E-state index contributed by atoms with van der Waals surface area (Å²) >= 11 is 0. The lowest BCUT2D eigenvalue weighted by Crippen LogP contribution is -2.26. The molecule has 0 amide bonds. The van der Waals surface area contributed by atoms with Gasteiger partial charge in [-0.2, -0.15) is 0 Å². The molecule has 0 radical (unpaired) electrons. The van der Waals surface area contributed by atoms with Crippen LogP contribution >= 0.6 is 0 Å². The average molecular weight is 217 g/mol. The third-order valence-corrected chi connectivity index (χ3v) is 3.47. The van der Waals surface area contributed by atoms with Crippen molar-refractivity contribution in [2.75, 3.05) is 0 Å². The number of aromatic nitrogens is 1. The van der Waals surface area contributed by atoms with Crippen molar-refractivity contribution in [3.63, 3.8) is 0 Å². The molecule has 2 atom stereocenters. The molecule has 0 aromatic carbocycles. The molecule has 0 aliphatic heterocycles. The van der Waals surface area contributed by atoms with Crippen LogP contribution in [0.5, 0.6) is 0 Å². The van der Waals surface area contributed by atoms with Gasteiger partial charge in [0.1, 0.15) is 5.69 Å². The van der Waals surface area contributed by atoms with Gasteiger partial charge in [-0.25, -0.2) is 0 Å². The largest absolute Gasteiger partial charge is 0.292 e. The summed E-state index contributed by atoms with van der Waals surface area (Å²) < 4.78 is 0. The maximum absolute atomic E-state index is 12.2. The minimum atomic E-state index is 0.189. The van der Waals surface area contributed by atoms with Crippen LogP contribution in [0.25, 0.3) is 0 Å². The minimum absolute atomic E-state index is 0.189. The van der Waals surface area contributed by atoms with E-state index in [9.17, 15) is 4.79 Å². The molecule has 1 aromatic rings. The van der Waals surface area contributed by atoms with Crippen LogP contribution in [-0.4, -0.2) is 10.8 Å². The Morgan fingerprint density at radius 3 is 2.44 bits per heavy atom. The van der Waals surface area contributed by atoms with E-state index < -0.39 is 0 Å². The lowest BCUT2D eigenvalue weighted by Gasteiger charge is -2.30. The Morgan fingerprint density at radius 1 is 1.19 bits per heavy atom. The highest BCUT2D eigenvalue weighted by molar-refractivity contribution is 5.96. The van der Waals surface area contributed by atoms with Crippen molar-refractivity contribution in [3.05, 3.63) is 30.1 Å². The first-order chi connectivity index (χ1) is 7.66. The predicted octanol–water partition coefficient (Wildman–Crippen LogP) is 3.34. The number of carbonyl (C=O) groups is 1. The normalized spacial score (nSPS) is 30.0. The second kappa shape index (κ2) is 4.77. The Kier molecular flexibility index (Phi) is 3.37. The van der Waals surface area contributed by atoms with E-state index in [1.807, 2.05) is 18.2 Å². The summed E-state index contributed by atoms with van der Waals surface area (Å²) in [5, 5.41) is 0. The molecule has 0 N–H and O–H groups in total. The second-order valence-corrected chi connectivity index (χ2v) is 5.19. The lowest BCUT2D eigenvalue weighted by atomic mass is 9.74. The van der Waals surface area contributed by atoms with Gasteiger partial charge in [0, 0.05) is 12.1 Å². The van der Waals surface area contributed by atoms with E-state index in [1.165, 1.54) is 6.42 Å². The van der Waals surface area contributed by atoms with Crippen LogP contribution in [-0.2, 0) is 0 Å². The number of rotatable bonds is 2. The number of nitrogens with zero attached hydrogens (tertiary/aromatic N) is 1. The number of pyridine rings is 1. The number of carbonyl (C=O) groups excluding carboxylic acids is 1. The Morgan fingerprint density at radius 2 is 1.88 bits per heavy atom. The van der Waals surface area contributed by atoms with Gasteiger partial charge in [-0.3, -0.25) is 9.78 Å². The van der Waals surface area contributed by atoms with E-state index >= 15 is 0 Å². The Hall–Kier alpha value is -1.18. The Bertz CT molecular complexity index is 350. The number of hydrogen-bond acceptors (Lipinski definition) is 2. The van der Waals surface area contributed by atoms with Crippen molar-refractivity contribution in [2.24, 2.45) is 17.8 Å². The van der Waals surface area contributed by atoms with Gasteiger partial charge in [0.15, 0.2) is 5.78 Å². The number of ketones is 1. The first kappa shape index (κ1) is 11.3. The Labute approximate surface area is 97.1 Å². The molecular formula is C14H19NO. The van der Waals surface area contributed by atoms with Crippen molar-refractivity contribution in [2.45, 2.75) is 33.1 Å². The summed E-state index contributed by atoms with van der Waals surface area (Å²) in [4.78, 5) is 16.4. The third-order valence-electron chi connectivity index (χ3n) is 3.47. The molecule has 2 rings (SSSR count). The molecule has 1 heterocycles. The maximum Gasteiger partial charge on any atom is 0.184 e. The van der Waals surface area contributed by atoms with Gasteiger partial charge in [0.05, 0.1) is 0 Å². The molecule has 86 valence electrons. The third kappa shape index (κ3) is 2.49. The molecule has 1 aliphatic rings. The summed E-state index contributed by atoms with van der Waals surface area (Å²) in [6, 6.07) is 5.56. The standard InChI is InChI=1S/C14H19NO/c1-10-7-11(2)9-12(8-10)14(16)13-5-3-4-6-15-13/h3-6,10-12H,7-9H2,1-2H3. The summed E-state index contributed by atoms with van der Waals surface area (Å²) in [5.74, 6) is 1.76. The van der Waals surface area contributed by atoms with Crippen molar-refractivity contribution < 1.29 is 4.79 Å². The average Bonchev–Trinajstić information content (AvgIpc) is 2.28. The minimum Gasteiger partial charge on any atom is -0.292 e. The highest BCUT2D eigenvalue weighted by Crippen LogP contribution is 2.34. The van der Waals surface area contributed by atoms with Crippen LogP contribution in [0.15, 0.2) is 24.4 Å². The van der Waals surface area contributed by atoms with Gasteiger partial charge in [-0.15, -0.1) is 0 Å². The van der Waals surface area contributed by atoms with Crippen molar-refractivity contribution in [1.82, 2.24) is 4.98 Å². The molecule has 2 unspecified atom stereocenters. The zero-order valence-electron chi connectivity index (χ0n) is 10.0. The van der Waals surface area contributed by atoms with Crippen LogP contribution in [0, 0.1) is 17.8 Å². The van der Waals surface area contributed by atoms with Crippen LogP contribution in [0.3, 0.4) is 0 Å². The highest BCUT2D eigenvalue weighted by Gasteiger charge is 2.29. The van der Waals surface area contributed by atoms with Crippen LogP contribution in [0.1, 0.15) is 43.6 Å². The molecule has 16 heavy (non-hydrogen) atoms. The summed E-state index contributed by atoms with van der Waals surface area (Å²) in [6.07, 6.45) is 5.01. The van der Waals surface area contributed by atoms with Gasteiger partial charge in [0.25, 0.3) is 0 Å². The van der Waals surface area contributed by atoms with Gasteiger partial charge in [0.2, 0.25) is 0 Å². The smallest absolute Gasteiger partial charge is 0.184 e. The molecule has 1 fully saturated rings. The van der Waals surface area contributed by atoms with E-state index in [0.717, 1.165) is 12.8 Å². The van der Waals surface area contributed by atoms with E-state index in [2.05, 4.69) is 18.8 Å². The molecule has 0 saturated heterocycles. The van der Waals surface area contributed by atoms with Gasteiger partial charge >= 0.3 is 0 Å². The fraction of sp³-hybridized carbons (Fsp3) is 0.571. The Balaban J connectivity index is 2.10. The van der Waals surface area contributed by atoms with Crippen LogP contribution in [0.4, 0.5) is 0 Å². The molecular weight excluding hydrogens is 198 g/mol.